The van der Waals surface area contributed by atoms with Crippen molar-refractivity contribution in [3.8, 4) is 22.4 Å². The van der Waals surface area contributed by atoms with Crippen LogP contribution in [0, 0.1) is 6.92 Å². The van der Waals surface area contributed by atoms with Crippen LogP contribution in [0.3, 0.4) is 0 Å². The maximum absolute atomic E-state index is 10.1. The molecule has 0 bridgehead atoms. The van der Waals surface area contributed by atoms with Gasteiger partial charge in [-0.05, 0) is 35.2 Å². The summed E-state index contributed by atoms with van der Waals surface area (Å²) in [5, 5.41) is 10.1. The van der Waals surface area contributed by atoms with Gasteiger partial charge in [-0.3, -0.25) is 0 Å². The molecule has 5 rings (SSSR count). The number of rotatable bonds is 1. The molecule has 24 heavy (non-hydrogen) atoms. The van der Waals surface area contributed by atoms with Crippen molar-refractivity contribution in [3.05, 3.63) is 89.8 Å². The summed E-state index contributed by atoms with van der Waals surface area (Å²) in [5.74, 6) is 0.594. The smallest absolute Gasteiger partial charge is 0.213 e. The van der Waals surface area contributed by atoms with Gasteiger partial charge in [0.25, 0.3) is 0 Å². The molecule has 0 radical (unpaired) electrons. The second kappa shape index (κ2) is 4.81. The lowest BCUT2D eigenvalue weighted by atomic mass is 9.75. The number of pyridine rings is 1. The van der Waals surface area contributed by atoms with Crippen LogP contribution in [-0.2, 0) is 0 Å². The van der Waals surface area contributed by atoms with E-state index in [9.17, 15) is 5.11 Å². The van der Waals surface area contributed by atoms with Gasteiger partial charge < -0.3 is 5.11 Å². The molecule has 2 atom stereocenters. The highest BCUT2D eigenvalue weighted by atomic mass is 16.3. The van der Waals surface area contributed by atoms with Gasteiger partial charge in [-0.15, -0.1) is 0 Å². The fourth-order valence-corrected chi connectivity index (χ4v) is 4.07. The van der Waals surface area contributed by atoms with Crippen LogP contribution in [0.4, 0.5) is 0 Å². The predicted octanol–water partition coefficient (Wildman–Crippen LogP) is 4.71. The summed E-state index contributed by atoms with van der Waals surface area (Å²) in [4.78, 5) is 0. The minimum absolute atomic E-state index is 0.100. The van der Waals surface area contributed by atoms with E-state index in [0.29, 0.717) is 5.76 Å². The molecule has 2 heteroatoms. The Morgan fingerprint density at radius 3 is 2.46 bits per heavy atom. The highest BCUT2D eigenvalue weighted by molar-refractivity contribution is 5.73. The number of nitrogens with zero attached hydrogens (tertiary/aromatic N) is 1. The molecule has 2 unspecified atom stereocenters. The Morgan fingerprint density at radius 2 is 1.67 bits per heavy atom. The Hall–Kier alpha value is -2.87. The Bertz CT molecular complexity index is 1000. The number of aromatic nitrogens is 1. The zero-order chi connectivity index (χ0) is 16.3. The van der Waals surface area contributed by atoms with Crippen molar-refractivity contribution in [1.29, 1.82) is 0 Å². The van der Waals surface area contributed by atoms with Crippen molar-refractivity contribution in [2.24, 2.45) is 0 Å². The summed E-state index contributed by atoms with van der Waals surface area (Å²) in [6, 6.07) is 21.6. The molecule has 1 aromatic heterocycles. The van der Waals surface area contributed by atoms with E-state index in [4.69, 9.17) is 0 Å². The van der Waals surface area contributed by atoms with E-state index in [0.717, 1.165) is 0 Å². The zero-order valence-electron chi connectivity index (χ0n) is 13.5. The second-order valence-corrected chi connectivity index (χ2v) is 6.67. The maximum Gasteiger partial charge on any atom is 0.213 e. The van der Waals surface area contributed by atoms with E-state index in [-0.39, 0.29) is 12.0 Å². The van der Waals surface area contributed by atoms with Gasteiger partial charge in [-0.25, -0.2) is 0 Å². The van der Waals surface area contributed by atoms with Gasteiger partial charge in [-0.2, -0.15) is 4.57 Å². The van der Waals surface area contributed by atoms with Crippen molar-refractivity contribution in [1.82, 2.24) is 0 Å². The number of aliphatic hydroxyl groups is 1. The summed E-state index contributed by atoms with van der Waals surface area (Å²) < 4.78 is 2.29. The number of hydrogen-bond acceptors (Lipinski definition) is 1. The average molecular weight is 312 g/mol. The summed E-state index contributed by atoms with van der Waals surface area (Å²) in [5.41, 5.74) is 7.45. The van der Waals surface area contributed by atoms with Crippen LogP contribution in [0.1, 0.15) is 23.1 Å². The average Bonchev–Trinajstić information content (AvgIpc) is 2.60. The lowest BCUT2D eigenvalue weighted by Crippen LogP contribution is -2.50. The lowest BCUT2D eigenvalue weighted by Gasteiger charge is -2.34. The number of aliphatic hydroxyl groups excluding tert-OH is 1. The van der Waals surface area contributed by atoms with Crippen LogP contribution >= 0.6 is 0 Å². The molecule has 2 aromatic carbocycles. The van der Waals surface area contributed by atoms with Crippen molar-refractivity contribution in [2.45, 2.75) is 18.9 Å². The second-order valence-electron chi connectivity index (χ2n) is 6.67. The molecule has 0 saturated heterocycles. The van der Waals surface area contributed by atoms with Crippen LogP contribution in [0.25, 0.3) is 22.4 Å². The van der Waals surface area contributed by atoms with Gasteiger partial charge in [0.15, 0.2) is 12.2 Å². The highest BCUT2D eigenvalue weighted by Crippen LogP contribution is 2.48. The van der Waals surface area contributed by atoms with Gasteiger partial charge in [0, 0.05) is 18.2 Å². The number of hydrogen-bond donors (Lipinski definition) is 1. The van der Waals surface area contributed by atoms with Crippen LogP contribution in [-0.4, -0.2) is 5.11 Å². The number of fused-ring (bicyclic) bond motifs is 6. The molecule has 0 spiro atoms. The van der Waals surface area contributed by atoms with Gasteiger partial charge in [0.2, 0.25) is 5.69 Å². The molecule has 0 amide bonds. The summed E-state index contributed by atoms with van der Waals surface area (Å²) >= 11 is 0. The third-order valence-corrected chi connectivity index (χ3v) is 5.34. The van der Waals surface area contributed by atoms with Crippen LogP contribution in [0.15, 0.2) is 78.7 Å². The molecular weight excluding hydrogens is 294 g/mol. The Labute approximate surface area is 141 Å². The normalized spacial score (nSPS) is 20.3. The number of aryl methyl sites for hydroxylation is 1. The van der Waals surface area contributed by atoms with E-state index < -0.39 is 0 Å². The minimum atomic E-state index is 0.100. The van der Waals surface area contributed by atoms with E-state index in [1.807, 2.05) is 6.08 Å². The first-order chi connectivity index (χ1) is 11.7. The van der Waals surface area contributed by atoms with E-state index in [2.05, 4.69) is 78.4 Å². The summed E-state index contributed by atoms with van der Waals surface area (Å²) in [6.45, 7) is 2.15. The molecule has 0 fully saturated rings. The first kappa shape index (κ1) is 13.6. The molecule has 1 aliphatic carbocycles. The quantitative estimate of drug-likeness (QED) is 0.646. The van der Waals surface area contributed by atoms with Gasteiger partial charge in [0.1, 0.15) is 11.7 Å². The van der Waals surface area contributed by atoms with Crippen LogP contribution < -0.4 is 4.57 Å². The fraction of sp³-hybridized carbons (Fsp3) is 0.136. The Morgan fingerprint density at radius 1 is 0.917 bits per heavy atom. The van der Waals surface area contributed by atoms with E-state index in [1.54, 1.807) is 0 Å². The Kier molecular flexibility index (Phi) is 2.72. The number of benzene rings is 2. The molecule has 0 saturated carbocycles. The molecule has 2 nitrogen and oxygen atoms in total. The van der Waals surface area contributed by atoms with Crippen molar-refractivity contribution in [3.63, 3.8) is 0 Å². The predicted molar refractivity (Wildman–Crippen MR) is 94.7 cm³/mol. The molecule has 1 aliphatic heterocycles. The number of allylic oxidation sites excluding steroid dienone is 2. The molecule has 3 aromatic rings. The summed E-state index contributed by atoms with van der Waals surface area (Å²) in [6.07, 6.45) is 4.12. The van der Waals surface area contributed by atoms with Gasteiger partial charge >= 0.3 is 0 Å². The lowest BCUT2D eigenvalue weighted by molar-refractivity contribution is -0.710. The third-order valence-electron chi connectivity index (χ3n) is 5.34. The molecular formula is C22H18NO+. The largest absolute Gasteiger partial charge is 0.511 e. The minimum Gasteiger partial charge on any atom is -0.511 e. The van der Waals surface area contributed by atoms with Crippen molar-refractivity contribution in [2.75, 3.05) is 0 Å². The van der Waals surface area contributed by atoms with Gasteiger partial charge in [-0.1, -0.05) is 42.5 Å². The van der Waals surface area contributed by atoms with Crippen molar-refractivity contribution >= 4 is 0 Å². The van der Waals surface area contributed by atoms with Crippen LogP contribution in [0.2, 0.25) is 0 Å². The first-order valence-corrected chi connectivity index (χ1v) is 8.35. The van der Waals surface area contributed by atoms with Gasteiger partial charge in [0.05, 0.1) is 5.56 Å². The highest BCUT2D eigenvalue weighted by Gasteiger charge is 2.47. The van der Waals surface area contributed by atoms with Crippen LogP contribution in [0.5, 0.6) is 0 Å². The molecule has 2 aliphatic rings. The molecule has 1 N–H and O–H groups in total. The fourth-order valence-electron chi connectivity index (χ4n) is 4.07. The molecule has 2 heterocycles. The first-order valence-electron chi connectivity index (χ1n) is 8.35. The van der Waals surface area contributed by atoms with E-state index >= 15 is 0 Å². The third kappa shape index (κ3) is 1.74. The van der Waals surface area contributed by atoms with Crippen molar-refractivity contribution < 1.29 is 9.67 Å². The zero-order valence-corrected chi connectivity index (χ0v) is 13.5. The SMILES string of the molecule is Cc1ccccc1-c1cc[n+]2c(c1)-c1ccccc1C1C(O)=CC12. The topological polar surface area (TPSA) is 24.1 Å². The maximum atomic E-state index is 10.1. The summed E-state index contributed by atoms with van der Waals surface area (Å²) in [7, 11) is 0. The van der Waals surface area contributed by atoms with E-state index in [1.165, 1.54) is 33.5 Å². The standard InChI is InChI=1S/C22H17NO/c1-14-6-2-3-7-16(14)15-10-11-23-19(12-15)17-8-4-5-9-18(17)22-20(23)13-21(22)24/h2-13,20,22H,1H3/p+1. The Balaban J connectivity index is 1.75. The monoisotopic (exact) mass is 312 g/mol. The molecule has 116 valence electrons.